The predicted molar refractivity (Wildman–Crippen MR) is 50.7 cm³/mol. The maximum atomic E-state index is 3.92. The molecular weight excluding hydrogens is 144 g/mol. The van der Waals surface area contributed by atoms with Crippen LogP contribution in [0.4, 0.5) is 0 Å². The van der Waals surface area contributed by atoms with E-state index in [2.05, 4.69) is 18.7 Å². The number of fused-ring (bicyclic) bond motifs is 5. The van der Waals surface area contributed by atoms with Crippen LogP contribution in [-0.2, 0) is 0 Å². The molecule has 2 saturated carbocycles. The molecule has 4 atom stereocenters. The topological polar surface area (TPSA) is 0 Å². The maximum absolute atomic E-state index is 3.92. The fraction of sp³-hybridized carbons (Fsp3) is 0.667. The highest BCUT2D eigenvalue weighted by Crippen LogP contribution is 2.58. The summed E-state index contributed by atoms with van der Waals surface area (Å²) in [4.78, 5) is 0. The first kappa shape index (κ1) is 6.94. The van der Waals surface area contributed by atoms with Crippen LogP contribution in [0.2, 0.25) is 0 Å². The summed E-state index contributed by atoms with van der Waals surface area (Å²) in [6.07, 6.45) is 10.4. The monoisotopic (exact) mass is 160 g/mol. The fourth-order valence-electron chi connectivity index (χ4n) is 3.90. The van der Waals surface area contributed by atoms with Crippen LogP contribution in [-0.4, -0.2) is 0 Å². The first-order chi connectivity index (χ1) is 5.90. The lowest BCUT2D eigenvalue weighted by atomic mass is 9.79. The van der Waals surface area contributed by atoms with E-state index in [9.17, 15) is 0 Å². The zero-order valence-corrected chi connectivity index (χ0v) is 7.50. The second kappa shape index (κ2) is 2.25. The highest BCUT2D eigenvalue weighted by atomic mass is 14.5. The van der Waals surface area contributed by atoms with Crippen molar-refractivity contribution in [1.29, 1.82) is 0 Å². The van der Waals surface area contributed by atoms with Gasteiger partial charge in [0, 0.05) is 0 Å². The van der Waals surface area contributed by atoms with Crippen LogP contribution in [0.1, 0.15) is 25.7 Å². The van der Waals surface area contributed by atoms with Gasteiger partial charge in [0.25, 0.3) is 0 Å². The van der Waals surface area contributed by atoms with Crippen molar-refractivity contribution in [3.05, 3.63) is 24.3 Å². The van der Waals surface area contributed by atoms with E-state index in [1.807, 2.05) is 0 Å². The third-order valence-electron chi connectivity index (χ3n) is 4.33. The summed E-state index contributed by atoms with van der Waals surface area (Å²) in [6, 6.07) is 0. The van der Waals surface area contributed by atoms with E-state index < -0.39 is 0 Å². The van der Waals surface area contributed by atoms with E-state index in [1.54, 1.807) is 5.57 Å². The van der Waals surface area contributed by atoms with Crippen LogP contribution >= 0.6 is 0 Å². The van der Waals surface area contributed by atoms with Gasteiger partial charge in [0.15, 0.2) is 0 Å². The summed E-state index contributed by atoms with van der Waals surface area (Å²) in [5, 5.41) is 0. The standard InChI is InChI=1S/C12H16/c1-2-8-5-6-11-9-3-4-10(7-9)12(8)11/h2,5,9-12H,1,3-4,6-7H2/t9-,10-,11+,12+/m0/s1. The minimum Gasteiger partial charge on any atom is -0.0988 e. The van der Waals surface area contributed by atoms with E-state index in [0.717, 1.165) is 23.7 Å². The van der Waals surface area contributed by atoms with Gasteiger partial charge in [-0.1, -0.05) is 18.7 Å². The average molecular weight is 160 g/mol. The molecule has 0 nitrogen and oxygen atoms in total. The molecule has 3 aliphatic rings. The van der Waals surface area contributed by atoms with Gasteiger partial charge in [0.05, 0.1) is 0 Å². The molecule has 2 fully saturated rings. The van der Waals surface area contributed by atoms with Crippen LogP contribution in [0.15, 0.2) is 24.3 Å². The number of rotatable bonds is 1. The van der Waals surface area contributed by atoms with Crippen molar-refractivity contribution in [2.75, 3.05) is 0 Å². The summed E-state index contributed by atoms with van der Waals surface area (Å²) in [5.41, 5.74) is 1.58. The third kappa shape index (κ3) is 0.688. The Hall–Kier alpha value is -0.520. The van der Waals surface area contributed by atoms with E-state index in [1.165, 1.54) is 25.7 Å². The Morgan fingerprint density at radius 2 is 2.17 bits per heavy atom. The first-order valence-corrected chi connectivity index (χ1v) is 5.22. The van der Waals surface area contributed by atoms with Gasteiger partial charge in [-0.15, -0.1) is 0 Å². The van der Waals surface area contributed by atoms with Crippen molar-refractivity contribution < 1.29 is 0 Å². The molecule has 12 heavy (non-hydrogen) atoms. The normalized spacial score (nSPS) is 49.2. The predicted octanol–water partition coefficient (Wildman–Crippen LogP) is 3.16. The Morgan fingerprint density at radius 3 is 3.00 bits per heavy atom. The Kier molecular flexibility index (Phi) is 1.30. The van der Waals surface area contributed by atoms with Crippen LogP contribution < -0.4 is 0 Å². The van der Waals surface area contributed by atoms with E-state index in [0.29, 0.717) is 0 Å². The minimum atomic E-state index is 0.932. The van der Waals surface area contributed by atoms with Crippen molar-refractivity contribution in [2.45, 2.75) is 25.7 Å². The smallest absolute Gasteiger partial charge is 0.0103 e. The zero-order chi connectivity index (χ0) is 8.13. The van der Waals surface area contributed by atoms with Gasteiger partial charge >= 0.3 is 0 Å². The molecule has 0 aliphatic heterocycles. The number of hydrogen-bond donors (Lipinski definition) is 0. The molecule has 64 valence electrons. The molecule has 2 bridgehead atoms. The largest absolute Gasteiger partial charge is 0.0988 e. The molecule has 3 rings (SSSR count). The SMILES string of the molecule is C=CC1=CC[C@@H]2[C@H]3CC[C@@H](C3)[C@@H]12. The van der Waals surface area contributed by atoms with Crippen LogP contribution in [0.5, 0.6) is 0 Å². The Balaban J connectivity index is 1.94. The highest BCUT2D eigenvalue weighted by molar-refractivity contribution is 5.29. The number of allylic oxidation sites excluding steroid dienone is 3. The fourth-order valence-corrected chi connectivity index (χ4v) is 3.90. The van der Waals surface area contributed by atoms with Gasteiger partial charge in [0.2, 0.25) is 0 Å². The van der Waals surface area contributed by atoms with E-state index in [-0.39, 0.29) is 0 Å². The summed E-state index contributed by atoms with van der Waals surface area (Å²) < 4.78 is 0. The van der Waals surface area contributed by atoms with Crippen molar-refractivity contribution in [2.24, 2.45) is 23.7 Å². The van der Waals surface area contributed by atoms with Crippen molar-refractivity contribution in [3.8, 4) is 0 Å². The Bertz CT molecular complexity index is 249. The second-order valence-corrected chi connectivity index (χ2v) is 4.67. The average Bonchev–Trinajstić information content (AvgIpc) is 2.76. The zero-order valence-electron chi connectivity index (χ0n) is 7.50. The van der Waals surface area contributed by atoms with Crippen molar-refractivity contribution >= 4 is 0 Å². The summed E-state index contributed by atoms with van der Waals surface area (Å²) in [7, 11) is 0. The molecule has 0 amide bonds. The van der Waals surface area contributed by atoms with Crippen molar-refractivity contribution in [3.63, 3.8) is 0 Å². The summed E-state index contributed by atoms with van der Waals surface area (Å²) in [6.45, 7) is 3.92. The maximum Gasteiger partial charge on any atom is -0.0103 e. The molecule has 0 radical (unpaired) electrons. The molecule has 3 aliphatic carbocycles. The number of hydrogen-bond acceptors (Lipinski definition) is 0. The van der Waals surface area contributed by atoms with Crippen LogP contribution in [0.3, 0.4) is 0 Å². The second-order valence-electron chi connectivity index (χ2n) is 4.67. The molecule has 0 spiro atoms. The third-order valence-corrected chi connectivity index (χ3v) is 4.33. The summed E-state index contributed by atoms with van der Waals surface area (Å²) in [5.74, 6) is 4.07. The van der Waals surface area contributed by atoms with Crippen LogP contribution in [0.25, 0.3) is 0 Å². The highest BCUT2D eigenvalue weighted by Gasteiger charge is 2.49. The molecule has 0 aromatic rings. The minimum absolute atomic E-state index is 0.932. The lowest BCUT2D eigenvalue weighted by molar-refractivity contribution is 0.279. The molecule has 0 N–H and O–H groups in total. The van der Waals surface area contributed by atoms with Crippen molar-refractivity contribution in [1.82, 2.24) is 0 Å². The van der Waals surface area contributed by atoms with E-state index in [4.69, 9.17) is 0 Å². The van der Waals surface area contributed by atoms with Gasteiger partial charge in [-0.2, -0.15) is 0 Å². The van der Waals surface area contributed by atoms with Crippen LogP contribution in [0, 0.1) is 23.7 Å². The molecule has 0 aromatic carbocycles. The first-order valence-electron chi connectivity index (χ1n) is 5.22. The van der Waals surface area contributed by atoms with E-state index >= 15 is 0 Å². The Labute approximate surface area is 74.4 Å². The molecule has 0 heteroatoms. The molecule has 0 aromatic heterocycles. The van der Waals surface area contributed by atoms with Gasteiger partial charge in [-0.25, -0.2) is 0 Å². The molecule has 0 heterocycles. The summed E-state index contributed by atoms with van der Waals surface area (Å²) >= 11 is 0. The van der Waals surface area contributed by atoms with Gasteiger partial charge in [0.1, 0.15) is 0 Å². The van der Waals surface area contributed by atoms with Gasteiger partial charge in [-0.3, -0.25) is 0 Å². The Morgan fingerprint density at radius 1 is 1.33 bits per heavy atom. The lowest BCUT2D eigenvalue weighted by Crippen LogP contribution is -2.18. The van der Waals surface area contributed by atoms with Gasteiger partial charge in [-0.05, 0) is 54.9 Å². The molecule has 0 unspecified atom stereocenters. The molecule has 0 saturated heterocycles. The molecular formula is C12H16. The quantitative estimate of drug-likeness (QED) is 0.552. The lowest BCUT2D eigenvalue weighted by Gasteiger charge is -2.26. The van der Waals surface area contributed by atoms with Gasteiger partial charge < -0.3 is 0 Å².